The monoisotopic (exact) mass is 380 g/mol. The lowest BCUT2D eigenvalue weighted by Crippen LogP contribution is -2.49. The molecule has 1 unspecified atom stereocenters. The zero-order valence-corrected chi connectivity index (χ0v) is 13.5. The van der Waals surface area contributed by atoms with E-state index in [1.807, 2.05) is 0 Å². The van der Waals surface area contributed by atoms with Gasteiger partial charge < -0.3 is 10.1 Å². The normalized spacial score (nSPS) is 22.8. The minimum absolute atomic E-state index is 0.0999. The summed E-state index contributed by atoms with van der Waals surface area (Å²) < 4.78 is 44.7. The largest absolute Gasteiger partial charge is 0.418 e. The Hall–Kier alpha value is -1.12. The number of likely N-dealkylation sites (tertiary alicyclic amines) is 1. The maximum absolute atomic E-state index is 13.1. The summed E-state index contributed by atoms with van der Waals surface area (Å²) in [5.41, 5.74) is -1.58. The summed E-state index contributed by atoms with van der Waals surface area (Å²) in [5, 5.41) is 2.66. The number of amides is 1. The van der Waals surface area contributed by atoms with Crippen LogP contribution in [0.15, 0.2) is 28.7 Å². The average Bonchev–Trinajstić information content (AvgIpc) is 2.85. The molecule has 122 valence electrons. The van der Waals surface area contributed by atoms with Crippen LogP contribution in [-0.2, 0) is 9.53 Å². The van der Waals surface area contributed by atoms with Crippen molar-refractivity contribution in [1.29, 1.82) is 0 Å². The lowest BCUT2D eigenvalue weighted by Gasteiger charge is -2.30. The fourth-order valence-electron chi connectivity index (χ4n) is 2.44. The van der Waals surface area contributed by atoms with Gasteiger partial charge in [-0.15, -0.1) is 0 Å². The number of anilines is 1. The molecular formula is C14H16BrF3N2O2. The lowest BCUT2D eigenvalue weighted by atomic mass is 10.0. The Morgan fingerprint density at radius 3 is 2.55 bits per heavy atom. The van der Waals surface area contributed by atoms with Crippen molar-refractivity contribution in [3.05, 3.63) is 28.7 Å². The Morgan fingerprint density at radius 2 is 2.05 bits per heavy atom. The number of halogens is 4. The molecule has 1 aliphatic rings. The van der Waals surface area contributed by atoms with Crippen molar-refractivity contribution in [3.63, 3.8) is 0 Å². The Morgan fingerprint density at radius 1 is 1.41 bits per heavy atom. The summed E-state index contributed by atoms with van der Waals surface area (Å²) in [5.74, 6) is -0.351. The first-order valence-corrected chi connectivity index (χ1v) is 7.45. The molecule has 1 aromatic carbocycles. The van der Waals surface area contributed by atoms with Gasteiger partial charge in [0.15, 0.2) is 5.60 Å². The molecule has 1 fully saturated rings. The van der Waals surface area contributed by atoms with Gasteiger partial charge >= 0.3 is 6.18 Å². The third-order valence-corrected chi connectivity index (χ3v) is 4.24. The van der Waals surface area contributed by atoms with Gasteiger partial charge in [-0.1, -0.05) is 15.9 Å². The van der Waals surface area contributed by atoms with Gasteiger partial charge in [0.05, 0.1) is 6.54 Å². The molecule has 0 aromatic heterocycles. The molecule has 0 aliphatic carbocycles. The molecule has 8 heteroatoms. The molecule has 2 rings (SSSR count). The van der Waals surface area contributed by atoms with Gasteiger partial charge in [0, 0.05) is 30.4 Å². The van der Waals surface area contributed by atoms with Crippen LogP contribution in [0.2, 0.25) is 0 Å². The molecule has 4 nitrogen and oxygen atoms in total. The zero-order valence-electron chi connectivity index (χ0n) is 11.9. The van der Waals surface area contributed by atoms with E-state index in [2.05, 4.69) is 21.2 Å². The molecule has 0 bridgehead atoms. The van der Waals surface area contributed by atoms with Gasteiger partial charge in [-0.25, -0.2) is 0 Å². The first kappa shape index (κ1) is 17.2. The molecular weight excluding hydrogens is 365 g/mol. The highest BCUT2D eigenvalue weighted by molar-refractivity contribution is 9.10. The van der Waals surface area contributed by atoms with Crippen molar-refractivity contribution in [2.75, 3.05) is 32.1 Å². The summed E-state index contributed by atoms with van der Waals surface area (Å²) in [4.78, 5) is 13.4. The Balaban J connectivity index is 1.92. The molecule has 1 N–H and O–H groups in total. The van der Waals surface area contributed by atoms with E-state index in [4.69, 9.17) is 4.74 Å². The second kappa shape index (κ2) is 6.55. The van der Waals surface area contributed by atoms with Gasteiger partial charge in [0.2, 0.25) is 5.91 Å². The SMILES string of the molecule is COC1(C(F)(F)F)CCN(CC(=O)Nc2ccc(Br)cc2)C1. The second-order valence-corrected chi connectivity index (χ2v) is 6.13. The number of nitrogens with one attached hydrogen (secondary N) is 1. The number of hydrogen-bond donors (Lipinski definition) is 1. The van der Waals surface area contributed by atoms with Crippen LogP contribution < -0.4 is 5.32 Å². The van der Waals surface area contributed by atoms with E-state index >= 15 is 0 Å². The van der Waals surface area contributed by atoms with Gasteiger partial charge in [0.25, 0.3) is 0 Å². The van der Waals surface area contributed by atoms with E-state index in [0.29, 0.717) is 5.69 Å². The molecule has 1 aliphatic heterocycles. The highest BCUT2D eigenvalue weighted by atomic mass is 79.9. The molecule has 0 radical (unpaired) electrons. The molecule has 1 amide bonds. The zero-order chi connectivity index (χ0) is 16.4. The average molecular weight is 381 g/mol. The van der Waals surface area contributed by atoms with Gasteiger partial charge in [-0.3, -0.25) is 9.69 Å². The Bertz CT molecular complexity index is 536. The third-order valence-electron chi connectivity index (χ3n) is 3.71. The van der Waals surface area contributed by atoms with Crippen molar-refractivity contribution < 1.29 is 22.7 Å². The highest BCUT2D eigenvalue weighted by Gasteiger charge is 2.58. The molecule has 1 saturated heterocycles. The van der Waals surface area contributed by atoms with Crippen LogP contribution in [0.5, 0.6) is 0 Å². The van der Waals surface area contributed by atoms with E-state index < -0.39 is 11.8 Å². The Kier molecular flexibility index (Phi) is 5.14. The number of carbonyl (C=O) groups is 1. The van der Waals surface area contributed by atoms with Crippen molar-refractivity contribution in [2.24, 2.45) is 0 Å². The molecule has 0 saturated carbocycles. The smallest absolute Gasteiger partial charge is 0.367 e. The van der Waals surface area contributed by atoms with Gasteiger partial charge in [-0.05, 0) is 30.7 Å². The second-order valence-electron chi connectivity index (χ2n) is 5.21. The van der Waals surface area contributed by atoms with Crippen molar-refractivity contribution >= 4 is 27.5 Å². The Labute approximate surface area is 134 Å². The van der Waals surface area contributed by atoms with E-state index in [1.165, 1.54) is 4.90 Å². The summed E-state index contributed by atoms with van der Waals surface area (Å²) in [6.45, 7) is -0.265. The van der Waals surface area contributed by atoms with Crippen LogP contribution in [0, 0.1) is 0 Å². The van der Waals surface area contributed by atoms with Crippen LogP contribution in [0.1, 0.15) is 6.42 Å². The first-order chi connectivity index (χ1) is 10.3. The van der Waals surface area contributed by atoms with Crippen LogP contribution >= 0.6 is 15.9 Å². The molecule has 1 atom stereocenters. The predicted octanol–water partition coefficient (Wildman–Crippen LogP) is 3.04. The molecule has 1 heterocycles. The maximum Gasteiger partial charge on any atom is 0.418 e. The third kappa shape index (κ3) is 3.80. The fraction of sp³-hybridized carbons (Fsp3) is 0.500. The van der Waals surface area contributed by atoms with Crippen molar-refractivity contribution in [1.82, 2.24) is 4.90 Å². The molecule has 1 aromatic rings. The summed E-state index contributed by atoms with van der Waals surface area (Å²) in [6.07, 6.45) is -4.61. The first-order valence-electron chi connectivity index (χ1n) is 6.65. The van der Waals surface area contributed by atoms with E-state index in [1.54, 1.807) is 24.3 Å². The molecule has 0 spiro atoms. The predicted molar refractivity (Wildman–Crippen MR) is 79.6 cm³/mol. The van der Waals surface area contributed by atoms with Crippen molar-refractivity contribution in [2.45, 2.75) is 18.2 Å². The number of ether oxygens (including phenoxy) is 1. The fourth-order valence-corrected chi connectivity index (χ4v) is 2.71. The van der Waals surface area contributed by atoms with Crippen molar-refractivity contribution in [3.8, 4) is 0 Å². The van der Waals surface area contributed by atoms with Crippen LogP contribution in [0.25, 0.3) is 0 Å². The number of benzene rings is 1. The number of carbonyl (C=O) groups excluding carboxylic acids is 1. The summed E-state index contributed by atoms with van der Waals surface area (Å²) in [6, 6.07) is 6.96. The quantitative estimate of drug-likeness (QED) is 0.872. The maximum atomic E-state index is 13.1. The highest BCUT2D eigenvalue weighted by Crippen LogP contribution is 2.40. The van der Waals surface area contributed by atoms with E-state index in [-0.39, 0.29) is 32.0 Å². The van der Waals surface area contributed by atoms with Crippen LogP contribution in [0.4, 0.5) is 18.9 Å². The number of rotatable bonds is 4. The number of hydrogen-bond acceptors (Lipinski definition) is 3. The topological polar surface area (TPSA) is 41.6 Å². The molecule has 22 heavy (non-hydrogen) atoms. The lowest BCUT2D eigenvalue weighted by molar-refractivity contribution is -0.263. The van der Waals surface area contributed by atoms with E-state index in [9.17, 15) is 18.0 Å². The summed E-state index contributed by atoms with van der Waals surface area (Å²) >= 11 is 3.28. The standard InChI is InChI=1S/C14H16BrF3N2O2/c1-22-13(14(16,17)18)6-7-20(9-13)8-12(21)19-11-4-2-10(15)3-5-11/h2-5H,6-9H2,1H3,(H,19,21). The number of alkyl halides is 3. The summed E-state index contributed by atoms with van der Waals surface area (Å²) in [7, 11) is 1.05. The number of nitrogens with zero attached hydrogens (tertiary/aromatic N) is 1. The minimum Gasteiger partial charge on any atom is -0.367 e. The van der Waals surface area contributed by atoms with Gasteiger partial charge in [-0.2, -0.15) is 13.2 Å². The van der Waals surface area contributed by atoms with Crippen LogP contribution in [0.3, 0.4) is 0 Å². The minimum atomic E-state index is -4.45. The van der Waals surface area contributed by atoms with E-state index in [0.717, 1.165) is 11.6 Å². The number of methoxy groups -OCH3 is 1. The van der Waals surface area contributed by atoms with Crippen LogP contribution in [-0.4, -0.2) is 49.3 Å². The van der Waals surface area contributed by atoms with Gasteiger partial charge in [0.1, 0.15) is 0 Å².